The highest BCUT2D eigenvalue weighted by Crippen LogP contribution is 2.02. The van der Waals surface area contributed by atoms with E-state index in [9.17, 15) is 9.59 Å². The fourth-order valence-electron chi connectivity index (χ4n) is 1.17. The minimum atomic E-state index is -0.581. The van der Waals surface area contributed by atoms with E-state index < -0.39 is 12.1 Å². The highest BCUT2D eigenvalue weighted by Gasteiger charge is 2.08. The monoisotopic (exact) mass is 259 g/mol. The minimum absolute atomic E-state index is 0.140. The highest BCUT2D eigenvalue weighted by atomic mass is 16.6. The van der Waals surface area contributed by atoms with E-state index in [4.69, 9.17) is 9.47 Å². The van der Waals surface area contributed by atoms with Gasteiger partial charge in [0.1, 0.15) is 6.54 Å². The summed E-state index contributed by atoms with van der Waals surface area (Å²) in [6, 6.07) is 0. The van der Waals surface area contributed by atoms with E-state index in [-0.39, 0.29) is 12.5 Å². The first kappa shape index (κ1) is 16.7. The summed E-state index contributed by atoms with van der Waals surface area (Å²) < 4.78 is 9.81. The molecule has 0 aromatic heterocycles. The van der Waals surface area contributed by atoms with Crippen LogP contribution in [0.5, 0.6) is 0 Å². The maximum atomic E-state index is 11.2. The summed E-state index contributed by atoms with van der Waals surface area (Å²) in [6.07, 6.45) is 1.29. The van der Waals surface area contributed by atoms with E-state index in [0.717, 1.165) is 12.8 Å². The average molecular weight is 259 g/mol. The molecule has 0 rings (SSSR count). The van der Waals surface area contributed by atoms with Gasteiger partial charge in [0.2, 0.25) is 0 Å². The first-order valence-electron chi connectivity index (χ1n) is 6.48. The normalized spacial score (nSPS) is 10.6. The van der Waals surface area contributed by atoms with Crippen molar-refractivity contribution in [3.05, 3.63) is 0 Å². The molecule has 0 saturated carbocycles. The van der Waals surface area contributed by atoms with Gasteiger partial charge in [-0.2, -0.15) is 0 Å². The summed E-state index contributed by atoms with van der Waals surface area (Å²) in [5, 5.41) is 2.35. The Labute approximate surface area is 109 Å². The number of hydrogen-bond donors (Lipinski definition) is 1. The van der Waals surface area contributed by atoms with Crippen molar-refractivity contribution in [2.24, 2.45) is 11.8 Å². The molecule has 0 spiro atoms. The van der Waals surface area contributed by atoms with Crippen molar-refractivity contribution >= 4 is 12.1 Å². The number of amides is 1. The Morgan fingerprint density at radius 3 is 2.28 bits per heavy atom. The second kappa shape index (κ2) is 9.74. The molecule has 0 aliphatic rings. The van der Waals surface area contributed by atoms with Crippen LogP contribution in [0.3, 0.4) is 0 Å². The summed E-state index contributed by atoms with van der Waals surface area (Å²) >= 11 is 0. The molecule has 18 heavy (non-hydrogen) atoms. The Bertz CT molecular complexity index is 251. The first-order valence-corrected chi connectivity index (χ1v) is 6.48. The van der Waals surface area contributed by atoms with Crippen LogP contribution in [0.25, 0.3) is 0 Å². The van der Waals surface area contributed by atoms with Gasteiger partial charge in [-0.05, 0) is 24.7 Å². The molecule has 0 aromatic carbocycles. The number of nitrogens with one attached hydrogen (secondary N) is 1. The molecule has 0 atom stereocenters. The Hall–Kier alpha value is -1.26. The van der Waals surface area contributed by atoms with E-state index in [0.29, 0.717) is 19.1 Å². The lowest BCUT2D eigenvalue weighted by Gasteiger charge is -2.09. The molecule has 0 aliphatic carbocycles. The van der Waals surface area contributed by atoms with Crippen molar-refractivity contribution in [3.8, 4) is 0 Å². The van der Waals surface area contributed by atoms with E-state index in [1.165, 1.54) is 0 Å². The van der Waals surface area contributed by atoms with Crippen molar-refractivity contribution in [3.63, 3.8) is 0 Å². The highest BCUT2D eigenvalue weighted by molar-refractivity contribution is 5.77. The van der Waals surface area contributed by atoms with Gasteiger partial charge in [-0.15, -0.1) is 0 Å². The molecule has 106 valence electrons. The van der Waals surface area contributed by atoms with E-state index in [1.807, 2.05) is 13.8 Å². The van der Waals surface area contributed by atoms with Gasteiger partial charge in [-0.25, -0.2) is 4.79 Å². The Morgan fingerprint density at radius 1 is 1.06 bits per heavy atom. The summed E-state index contributed by atoms with van der Waals surface area (Å²) in [4.78, 5) is 22.4. The molecule has 0 saturated heterocycles. The molecular formula is C13H25NO4. The van der Waals surface area contributed by atoms with Crippen LogP contribution < -0.4 is 5.32 Å². The number of alkyl carbamates (subject to hydrolysis) is 1. The largest absolute Gasteiger partial charge is 0.464 e. The smallest absolute Gasteiger partial charge is 0.407 e. The molecular weight excluding hydrogens is 234 g/mol. The maximum Gasteiger partial charge on any atom is 0.407 e. The summed E-state index contributed by atoms with van der Waals surface area (Å²) in [5.41, 5.74) is 0. The SMILES string of the molecule is CC(C)CCCOC(=O)CNC(=O)OCC(C)C. The van der Waals surface area contributed by atoms with Crippen molar-refractivity contribution in [2.75, 3.05) is 19.8 Å². The van der Waals surface area contributed by atoms with Gasteiger partial charge in [-0.1, -0.05) is 27.7 Å². The zero-order chi connectivity index (χ0) is 14.0. The molecule has 0 radical (unpaired) electrons. The predicted molar refractivity (Wildman–Crippen MR) is 69.2 cm³/mol. The van der Waals surface area contributed by atoms with Gasteiger partial charge in [0.15, 0.2) is 0 Å². The van der Waals surface area contributed by atoms with E-state index in [2.05, 4.69) is 19.2 Å². The zero-order valence-electron chi connectivity index (χ0n) is 11.8. The van der Waals surface area contributed by atoms with Crippen molar-refractivity contribution in [1.29, 1.82) is 0 Å². The van der Waals surface area contributed by atoms with Crippen LogP contribution in [0.15, 0.2) is 0 Å². The molecule has 5 nitrogen and oxygen atoms in total. The fourth-order valence-corrected chi connectivity index (χ4v) is 1.17. The number of carbonyl (C=O) groups is 2. The third-order valence-corrected chi connectivity index (χ3v) is 2.11. The minimum Gasteiger partial charge on any atom is -0.464 e. The number of carbonyl (C=O) groups excluding carboxylic acids is 2. The summed E-state index contributed by atoms with van der Waals surface area (Å²) in [7, 11) is 0. The quantitative estimate of drug-likeness (QED) is 0.537. The molecule has 0 unspecified atom stereocenters. The van der Waals surface area contributed by atoms with Crippen LogP contribution in [0, 0.1) is 11.8 Å². The third kappa shape index (κ3) is 11.2. The predicted octanol–water partition coefficient (Wildman–Crippen LogP) is 2.35. The van der Waals surface area contributed by atoms with Crippen LogP contribution in [0.4, 0.5) is 4.79 Å². The van der Waals surface area contributed by atoms with Gasteiger partial charge in [-0.3, -0.25) is 4.79 Å². The molecule has 5 heteroatoms. The van der Waals surface area contributed by atoms with Crippen LogP contribution in [0.2, 0.25) is 0 Å². The number of ether oxygens (including phenoxy) is 2. The standard InChI is InChI=1S/C13H25NO4/c1-10(2)6-5-7-17-12(15)8-14-13(16)18-9-11(3)4/h10-11H,5-9H2,1-4H3,(H,14,16). The number of rotatable bonds is 8. The Balaban J connectivity index is 3.49. The Kier molecular flexibility index (Phi) is 9.06. The van der Waals surface area contributed by atoms with Crippen LogP contribution in [-0.4, -0.2) is 31.8 Å². The van der Waals surface area contributed by atoms with Gasteiger partial charge in [0.05, 0.1) is 13.2 Å². The molecule has 1 N–H and O–H groups in total. The summed E-state index contributed by atoms with van der Waals surface area (Å²) in [6.45, 7) is 8.72. The zero-order valence-corrected chi connectivity index (χ0v) is 11.8. The molecule has 0 heterocycles. The van der Waals surface area contributed by atoms with Crippen molar-refractivity contribution < 1.29 is 19.1 Å². The fraction of sp³-hybridized carbons (Fsp3) is 0.846. The van der Waals surface area contributed by atoms with Gasteiger partial charge >= 0.3 is 12.1 Å². The van der Waals surface area contributed by atoms with Gasteiger partial charge < -0.3 is 14.8 Å². The Morgan fingerprint density at radius 2 is 1.72 bits per heavy atom. The van der Waals surface area contributed by atoms with E-state index >= 15 is 0 Å². The van der Waals surface area contributed by atoms with Crippen LogP contribution in [-0.2, 0) is 14.3 Å². The molecule has 1 amide bonds. The van der Waals surface area contributed by atoms with Crippen molar-refractivity contribution in [2.45, 2.75) is 40.5 Å². The summed E-state index contributed by atoms with van der Waals surface area (Å²) in [5.74, 6) is 0.451. The molecule has 0 fully saturated rings. The van der Waals surface area contributed by atoms with Gasteiger partial charge in [0.25, 0.3) is 0 Å². The second-order valence-electron chi connectivity index (χ2n) is 5.10. The average Bonchev–Trinajstić information content (AvgIpc) is 2.29. The van der Waals surface area contributed by atoms with Crippen molar-refractivity contribution in [1.82, 2.24) is 5.32 Å². The van der Waals surface area contributed by atoms with Crippen LogP contribution >= 0.6 is 0 Å². The molecule has 0 aromatic rings. The molecule has 0 aliphatic heterocycles. The lowest BCUT2D eigenvalue weighted by atomic mass is 10.1. The first-order chi connectivity index (χ1) is 8.41. The topological polar surface area (TPSA) is 64.6 Å². The van der Waals surface area contributed by atoms with E-state index in [1.54, 1.807) is 0 Å². The number of esters is 1. The second-order valence-corrected chi connectivity index (χ2v) is 5.10. The lowest BCUT2D eigenvalue weighted by Crippen LogP contribution is -2.32. The lowest BCUT2D eigenvalue weighted by molar-refractivity contribution is -0.142. The van der Waals surface area contributed by atoms with Gasteiger partial charge in [0, 0.05) is 0 Å². The van der Waals surface area contributed by atoms with Crippen LogP contribution in [0.1, 0.15) is 40.5 Å². The molecule has 0 bridgehead atoms. The number of hydrogen-bond acceptors (Lipinski definition) is 4. The maximum absolute atomic E-state index is 11.2. The third-order valence-electron chi connectivity index (χ3n) is 2.11.